The summed E-state index contributed by atoms with van der Waals surface area (Å²) in [6.45, 7) is 6.80. The summed E-state index contributed by atoms with van der Waals surface area (Å²) in [5.74, 6) is 0.869. The fourth-order valence-electron chi connectivity index (χ4n) is 3.07. The van der Waals surface area contributed by atoms with Crippen molar-refractivity contribution in [2.45, 2.75) is 32.6 Å². The van der Waals surface area contributed by atoms with Gasteiger partial charge in [0.1, 0.15) is 5.75 Å². The van der Waals surface area contributed by atoms with E-state index in [9.17, 15) is 0 Å². The number of hydrogen-bond acceptors (Lipinski definition) is 2. The van der Waals surface area contributed by atoms with Crippen LogP contribution in [0.5, 0.6) is 5.75 Å². The fourth-order valence-corrected chi connectivity index (χ4v) is 3.07. The molecule has 0 saturated carbocycles. The molecule has 0 aromatic heterocycles. The molecule has 2 nitrogen and oxygen atoms in total. The van der Waals surface area contributed by atoms with E-state index in [1.807, 2.05) is 12.1 Å². The van der Waals surface area contributed by atoms with Crippen LogP contribution in [0.3, 0.4) is 0 Å². The first kappa shape index (κ1) is 18.1. The van der Waals surface area contributed by atoms with Gasteiger partial charge in [0.25, 0.3) is 0 Å². The van der Waals surface area contributed by atoms with Gasteiger partial charge in [-0.1, -0.05) is 63.2 Å². The van der Waals surface area contributed by atoms with Crippen molar-refractivity contribution in [3.63, 3.8) is 0 Å². The van der Waals surface area contributed by atoms with Gasteiger partial charge in [-0.05, 0) is 53.8 Å². The Labute approximate surface area is 157 Å². The van der Waals surface area contributed by atoms with Gasteiger partial charge in [0, 0.05) is 11.4 Å². The number of methoxy groups -OCH3 is 1. The Morgan fingerprint density at radius 3 is 1.81 bits per heavy atom. The maximum atomic E-state index is 5.73. The highest BCUT2D eigenvalue weighted by Gasteiger charge is 2.23. The van der Waals surface area contributed by atoms with Gasteiger partial charge in [-0.15, -0.1) is 0 Å². The van der Waals surface area contributed by atoms with E-state index < -0.39 is 0 Å². The van der Waals surface area contributed by atoms with Crippen molar-refractivity contribution in [1.82, 2.24) is 0 Å². The van der Waals surface area contributed by atoms with Crippen LogP contribution < -0.4 is 9.64 Å². The molecular weight excluding hydrogens is 318 g/mol. The Hall–Kier alpha value is -2.74. The van der Waals surface area contributed by atoms with Crippen LogP contribution in [0.1, 0.15) is 32.8 Å². The van der Waals surface area contributed by atoms with Crippen molar-refractivity contribution in [2.24, 2.45) is 0 Å². The largest absolute Gasteiger partial charge is 0.495 e. The Morgan fingerprint density at radius 1 is 0.808 bits per heavy atom. The molecule has 0 aliphatic heterocycles. The molecule has 0 saturated heterocycles. The van der Waals surface area contributed by atoms with Crippen LogP contribution in [-0.4, -0.2) is 7.11 Å². The summed E-state index contributed by atoms with van der Waals surface area (Å²) in [6, 6.07) is 27.4. The smallest absolute Gasteiger partial charge is 0.142 e. The Bertz CT molecular complexity index is 801. The average Bonchev–Trinajstić information content (AvgIpc) is 2.70. The average molecular weight is 345 g/mol. The molecule has 3 rings (SSSR count). The van der Waals surface area contributed by atoms with Crippen LogP contribution in [-0.2, 0) is 5.41 Å². The second-order valence-electron chi connectivity index (χ2n) is 7.13. The van der Waals surface area contributed by atoms with Gasteiger partial charge in [0.2, 0.25) is 0 Å². The van der Waals surface area contributed by atoms with Gasteiger partial charge in [0.05, 0.1) is 12.8 Å². The standard InChI is InChI=1S/C24H27NO/c1-5-24(2,3)19-16-17-23(26-4)22(18-19)25(20-12-8-6-9-13-20)21-14-10-7-11-15-21/h6-18H,5H2,1-4H3. The first-order valence-corrected chi connectivity index (χ1v) is 9.15. The molecule has 0 atom stereocenters. The molecule has 0 amide bonds. The van der Waals surface area contributed by atoms with E-state index >= 15 is 0 Å². The third-order valence-corrected chi connectivity index (χ3v) is 5.11. The monoisotopic (exact) mass is 345 g/mol. The molecule has 2 heteroatoms. The topological polar surface area (TPSA) is 12.5 Å². The van der Waals surface area contributed by atoms with Crippen molar-refractivity contribution >= 4 is 17.1 Å². The number of benzene rings is 3. The lowest BCUT2D eigenvalue weighted by molar-refractivity contribution is 0.415. The Balaban J connectivity index is 2.22. The maximum Gasteiger partial charge on any atom is 0.142 e. The Kier molecular flexibility index (Phi) is 5.32. The summed E-state index contributed by atoms with van der Waals surface area (Å²) >= 11 is 0. The molecule has 0 bridgehead atoms. The lowest BCUT2D eigenvalue weighted by atomic mass is 9.82. The zero-order valence-corrected chi connectivity index (χ0v) is 16.1. The van der Waals surface area contributed by atoms with Crippen LogP contribution in [0.4, 0.5) is 17.1 Å². The predicted molar refractivity (Wildman–Crippen MR) is 111 cm³/mol. The van der Waals surface area contributed by atoms with Crippen molar-refractivity contribution < 1.29 is 4.74 Å². The van der Waals surface area contributed by atoms with Crippen LogP contribution in [0, 0.1) is 0 Å². The van der Waals surface area contributed by atoms with Gasteiger partial charge < -0.3 is 9.64 Å². The summed E-state index contributed by atoms with van der Waals surface area (Å²) in [6.07, 6.45) is 1.08. The first-order chi connectivity index (χ1) is 12.6. The van der Waals surface area contributed by atoms with Gasteiger partial charge in [-0.25, -0.2) is 0 Å². The third kappa shape index (κ3) is 3.60. The second-order valence-corrected chi connectivity index (χ2v) is 7.13. The van der Waals surface area contributed by atoms with Gasteiger partial charge in [-0.3, -0.25) is 0 Å². The minimum Gasteiger partial charge on any atom is -0.495 e. The molecule has 3 aromatic rings. The fraction of sp³-hybridized carbons (Fsp3) is 0.250. The predicted octanol–water partition coefficient (Wildman–Crippen LogP) is 6.85. The maximum absolute atomic E-state index is 5.73. The number of ether oxygens (including phenoxy) is 1. The molecule has 0 N–H and O–H groups in total. The molecule has 0 unspecified atom stereocenters. The SMILES string of the molecule is CCC(C)(C)c1ccc(OC)c(N(c2ccccc2)c2ccccc2)c1. The number of hydrogen-bond donors (Lipinski definition) is 0. The van der Waals surface area contributed by atoms with Gasteiger partial charge in [-0.2, -0.15) is 0 Å². The van der Waals surface area contributed by atoms with Crippen molar-refractivity contribution in [2.75, 3.05) is 12.0 Å². The quantitative estimate of drug-likeness (QED) is 0.484. The minimum atomic E-state index is 0.111. The lowest BCUT2D eigenvalue weighted by Crippen LogP contribution is -2.17. The van der Waals surface area contributed by atoms with E-state index in [1.165, 1.54) is 5.56 Å². The van der Waals surface area contributed by atoms with E-state index in [-0.39, 0.29) is 5.41 Å². The van der Waals surface area contributed by atoms with E-state index in [1.54, 1.807) is 7.11 Å². The lowest BCUT2D eigenvalue weighted by Gasteiger charge is -2.30. The molecule has 0 heterocycles. The first-order valence-electron chi connectivity index (χ1n) is 9.15. The molecule has 3 aromatic carbocycles. The van der Waals surface area contributed by atoms with Crippen LogP contribution in [0.2, 0.25) is 0 Å². The normalized spacial score (nSPS) is 11.2. The Morgan fingerprint density at radius 2 is 1.35 bits per heavy atom. The number of nitrogens with zero attached hydrogens (tertiary/aromatic N) is 1. The van der Waals surface area contributed by atoms with Crippen LogP contribution in [0.15, 0.2) is 78.9 Å². The summed E-state index contributed by atoms with van der Waals surface area (Å²) < 4.78 is 5.73. The zero-order valence-electron chi connectivity index (χ0n) is 16.1. The molecule has 0 aliphatic carbocycles. The molecule has 26 heavy (non-hydrogen) atoms. The highest BCUT2D eigenvalue weighted by molar-refractivity contribution is 5.80. The van der Waals surface area contributed by atoms with Crippen LogP contribution >= 0.6 is 0 Å². The molecule has 134 valence electrons. The number of anilines is 3. The molecule has 0 spiro atoms. The highest BCUT2D eigenvalue weighted by Crippen LogP contribution is 2.42. The third-order valence-electron chi connectivity index (χ3n) is 5.11. The molecular formula is C24H27NO. The van der Waals surface area contributed by atoms with Crippen molar-refractivity contribution in [1.29, 1.82) is 0 Å². The highest BCUT2D eigenvalue weighted by atomic mass is 16.5. The van der Waals surface area contributed by atoms with Gasteiger partial charge in [0.15, 0.2) is 0 Å². The summed E-state index contributed by atoms with van der Waals surface area (Å²) in [5, 5.41) is 0. The zero-order chi connectivity index (χ0) is 18.6. The van der Waals surface area contributed by atoms with Crippen molar-refractivity contribution in [3.8, 4) is 5.75 Å². The molecule has 0 aliphatic rings. The summed E-state index contributed by atoms with van der Waals surface area (Å²) in [7, 11) is 1.73. The van der Waals surface area contributed by atoms with E-state index in [0.29, 0.717) is 0 Å². The van der Waals surface area contributed by atoms with Gasteiger partial charge >= 0.3 is 0 Å². The molecule has 0 radical (unpaired) electrons. The van der Waals surface area contributed by atoms with Crippen molar-refractivity contribution in [3.05, 3.63) is 84.4 Å². The number of rotatable bonds is 6. The summed E-state index contributed by atoms with van der Waals surface area (Å²) in [5.41, 5.74) is 4.71. The molecule has 0 fully saturated rings. The van der Waals surface area contributed by atoms with E-state index in [0.717, 1.165) is 29.2 Å². The van der Waals surface area contributed by atoms with E-state index in [2.05, 4.69) is 92.4 Å². The second kappa shape index (κ2) is 7.65. The number of para-hydroxylation sites is 2. The minimum absolute atomic E-state index is 0.111. The summed E-state index contributed by atoms with van der Waals surface area (Å²) in [4.78, 5) is 2.26. The van der Waals surface area contributed by atoms with Crippen LogP contribution in [0.25, 0.3) is 0 Å². The van der Waals surface area contributed by atoms with E-state index in [4.69, 9.17) is 4.74 Å².